The van der Waals surface area contributed by atoms with Crippen LogP contribution < -0.4 is 15.4 Å². The lowest BCUT2D eigenvalue weighted by Gasteiger charge is -2.15. The van der Waals surface area contributed by atoms with Crippen LogP contribution in [0.3, 0.4) is 0 Å². The molecule has 0 saturated heterocycles. The molecule has 0 fully saturated rings. The van der Waals surface area contributed by atoms with Gasteiger partial charge >= 0.3 is 0 Å². The second-order valence-electron chi connectivity index (χ2n) is 7.04. The minimum Gasteiger partial charge on any atom is -0.483 e. The number of anilines is 2. The van der Waals surface area contributed by atoms with Crippen LogP contribution in [0.4, 0.5) is 11.4 Å². The SMILES string of the molecule is Cc1ccc(C(C)C)c(OCC(=O)Nc2ccc(NC(=O)c3ccco3)cc2)c1. The average molecular weight is 392 g/mol. The summed E-state index contributed by atoms with van der Waals surface area (Å²) < 4.78 is 10.8. The van der Waals surface area contributed by atoms with Crippen LogP contribution in [0, 0.1) is 6.92 Å². The van der Waals surface area contributed by atoms with Crippen molar-refractivity contribution in [2.24, 2.45) is 0 Å². The molecule has 0 aliphatic carbocycles. The van der Waals surface area contributed by atoms with Crippen molar-refractivity contribution in [3.05, 3.63) is 77.7 Å². The van der Waals surface area contributed by atoms with Gasteiger partial charge in [0, 0.05) is 11.4 Å². The summed E-state index contributed by atoms with van der Waals surface area (Å²) in [6, 6.07) is 16.1. The van der Waals surface area contributed by atoms with Crippen LogP contribution in [0.25, 0.3) is 0 Å². The molecule has 2 amide bonds. The minimum absolute atomic E-state index is 0.0832. The van der Waals surface area contributed by atoms with E-state index in [1.807, 2.05) is 25.1 Å². The van der Waals surface area contributed by atoms with Crippen LogP contribution in [-0.2, 0) is 4.79 Å². The zero-order valence-corrected chi connectivity index (χ0v) is 16.7. The zero-order chi connectivity index (χ0) is 20.8. The fourth-order valence-corrected chi connectivity index (χ4v) is 2.82. The second-order valence-corrected chi connectivity index (χ2v) is 7.04. The molecule has 0 spiro atoms. The summed E-state index contributed by atoms with van der Waals surface area (Å²) in [6.45, 7) is 6.08. The van der Waals surface area contributed by atoms with Crippen LogP contribution in [-0.4, -0.2) is 18.4 Å². The molecule has 1 aromatic heterocycles. The van der Waals surface area contributed by atoms with Crippen LogP contribution in [0.15, 0.2) is 65.3 Å². The number of furan rings is 1. The summed E-state index contributed by atoms with van der Waals surface area (Å²) in [4.78, 5) is 24.2. The molecule has 0 aliphatic rings. The number of benzene rings is 2. The highest BCUT2D eigenvalue weighted by molar-refractivity contribution is 6.02. The molecule has 2 aromatic carbocycles. The quantitative estimate of drug-likeness (QED) is 0.594. The van der Waals surface area contributed by atoms with E-state index in [9.17, 15) is 9.59 Å². The predicted molar refractivity (Wildman–Crippen MR) is 112 cm³/mol. The van der Waals surface area contributed by atoms with E-state index in [1.54, 1.807) is 36.4 Å². The Labute approximate surface area is 169 Å². The van der Waals surface area contributed by atoms with Crippen LogP contribution in [0.5, 0.6) is 5.75 Å². The molecule has 29 heavy (non-hydrogen) atoms. The van der Waals surface area contributed by atoms with Gasteiger partial charge in [-0.25, -0.2) is 0 Å². The van der Waals surface area contributed by atoms with E-state index in [2.05, 4.69) is 24.5 Å². The topological polar surface area (TPSA) is 80.6 Å². The van der Waals surface area contributed by atoms with Crippen LogP contribution in [0.1, 0.15) is 41.4 Å². The Balaban J connectivity index is 1.55. The molecule has 0 saturated carbocycles. The van der Waals surface area contributed by atoms with Gasteiger partial charge in [0.15, 0.2) is 12.4 Å². The Morgan fingerprint density at radius 2 is 1.69 bits per heavy atom. The fraction of sp³-hybridized carbons (Fsp3) is 0.217. The van der Waals surface area contributed by atoms with E-state index >= 15 is 0 Å². The van der Waals surface area contributed by atoms with E-state index in [0.717, 1.165) is 16.9 Å². The van der Waals surface area contributed by atoms with Gasteiger partial charge in [-0.1, -0.05) is 26.0 Å². The number of nitrogens with one attached hydrogen (secondary N) is 2. The van der Waals surface area contributed by atoms with Crippen molar-refractivity contribution in [3.8, 4) is 5.75 Å². The lowest BCUT2D eigenvalue weighted by molar-refractivity contribution is -0.118. The highest BCUT2D eigenvalue weighted by Gasteiger charge is 2.11. The lowest BCUT2D eigenvalue weighted by atomic mass is 10.0. The molecule has 3 rings (SSSR count). The first kappa shape index (κ1) is 20.2. The molecule has 150 valence electrons. The number of amides is 2. The van der Waals surface area contributed by atoms with Crippen molar-refractivity contribution in [1.29, 1.82) is 0 Å². The smallest absolute Gasteiger partial charge is 0.291 e. The molecule has 3 aromatic rings. The summed E-state index contributed by atoms with van der Waals surface area (Å²) in [6.07, 6.45) is 1.44. The third-order valence-electron chi connectivity index (χ3n) is 4.32. The molecule has 0 atom stereocenters. The summed E-state index contributed by atoms with van der Waals surface area (Å²) in [5, 5.41) is 5.51. The third kappa shape index (κ3) is 5.48. The molecular formula is C23H24N2O4. The van der Waals surface area contributed by atoms with Gasteiger partial charge in [0.25, 0.3) is 11.8 Å². The summed E-state index contributed by atoms with van der Waals surface area (Å²) in [5.74, 6) is 0.674. The summed E-state index contributed by atoms with van der Waals surface area (Å²) >= 11 is 0. The second kappa shape index (κ2) is 9.10. The first-order chi connectivity index (χ1) is 13.9. The van der Waals surface area contributed by atoms with E-state index in [1.165, 1.54) is 6.26 Å². The maximum absolute atomic E-state index is 12.3. The van der Waals surface area contributed by atoms with Gasteiger partial charge in [0.05, 0.1) is 6.26 Å². The van der Waals surface area contributed by atoms with Crippen molar-refractivity contribution in [1.82, 2.24) is 0 Å². The molecule has 2 N–H and O–H groups in total. The van der Waals surface area contributed by atoms with Crippen molar-refractivity contribution in [2.45, 2.75) is 26.7 Å². The highest BCUT2D eigenvalue weighted by atomic mass is 16.5. The molecular weight excluding hydrogens is 368 g/mol. The molecule has 0 unspecified atom stereocenters. The summed E-state index contributed by atoms with van der Waals surface area (Å²) in [5.41, 5.74) is 3.36. The number of carbonyl (C=O) groups is 2. The standard InChI is InChI=1S/C23H24N2O4/c1-15(2)19-11-6-16(3)13-21(19)29-14-22(26)24-17-7-9-18(10-8-17)25-23(27)20-5-4-12-28-20/h4-13,15H,14H2,1-3H3,(H,24,26)(H,25,27). The van der Waals surface area contributed by atoms with Crippen molar-refractivity contribution >= 4 is 23.2 Å². The van der Waals surface area contributed by atoms with Crippen molar-refractivity contribution in [3.63, 3.8) is 0 Å². The maximum Gasteiger partial charge on any atom is 0.291 e. The van der Waals surface area contributed by atoms with Crippen molar-refractivity contribution in [2.75, 3.05) is 17.2 Å². The number of ether oxygens (including phenoxy) is 1. The fourth-order valence-electron chi connectivity index (χ4n) is 2.82. The lowest BCUT2D eigenvalue weighted by Crippen LogP contribution is -2.20. The zero-order valence-electron chi connectivity index (χ0n) is 16.7. The van der Waals surface area contributed by atoms with E-state index in [0.29, 0.717) is 17.3 Å². The Morgan fingerprint density at radius 1 is 1.00 bits per heavy atom. The van der Waals surface area contributed by atoms with Crippen molar-refractivity contribution < 1.29 is 18.7 Å². The monoisotopic (exact) mass is 392 g/mol. The van der Waals surface area contributed by atoms with Gasteiger partial charge < -0.3 is 19.8 Å². The minimum atomic E-state index is -0.334. The number of hydrogen-bond acceptors (Lipinski definition) is 4. The number of aryl methyl sites for hydroxylation is 1. The first-order valence-electron chi connectivity index (χ1n) is 9.40. The van der Waals surface area contributed by atoms with E-state index in [-0.39, 0.29) is 24.2 Å². The predicted octanol–water partition coefficient (Wildman–Crippen LogP) is 4.98. The van der Waals surface area contributed by atoms with E-state index < -0.39 is 0 Å². The maximum atomic E-state index is 12.3. The van der Waals surface area contributed by atoms with Gasteiger partial charge in [0.2, 0.25) is 0 Å². The van der Waals surface area contributed by atoms with Gasteiger partial charge in [-0.15, -0.1) is 0 Å². The Hall–Kier alpha value is -3.54. The van der Waals surface area contributed by atoms with Crippen LogP contribution in [0.2, 0.25) is 0 Å². The molecule has 6 heteroatoms. The third-order valence-corrected chi connectivity index (χ3v) is 4.32. The number of hydrogen-bond donors (Lipinski definition) is 2. The largest absolute Gasteiger partial charge is 0.483 e. The van der Waals surface area contributed by atoms with Crippen LogP contribution >= 0.6 is 0 Å². The molecule has 0 bridgehead atoms. The molecule has 6 nitrogen and oxygen atoms in total. The first-order valence-corrected chi connectivity index (χ1v) is 9.40. The average Bonchev–Trinajstić information content (AvgIpc) is 3.23. The van der Waals surface area contributed by atoms with Gasteiger partial charge in [-0.3, -0.25) is 9.59 Å². The molecule has 1 heterocycles. The Bertz CT molecular complexity index is 977. The summed E-state index contributed by atoms with van der Waals surface area (Å²) in [7, 11) is 0. The Kier molecular flexibility index (Phi) is 6.34. The van der Waals surface area contributed by atoms with E-state index in [4.69, 9.17) is 9.15 Å². The van der Waals surface area contributed by atoms with Gasteiger partial charge in [0.1, 0.15) is 5.75 Å². The normalized spacial score (nSPS) is 10.6. The molecule has 0 aliphatic heterocycles. The highest BCUT2D eigenvalue weighted by Crippen LogP contribution is 2.27. The Morgan fingerprint density at radius 3 is 2.31 bits per heavy atom. The number of carbonyl (C=O) groups excluding carboxylic acids is 2. The number of rotatable bonds is 7. The van der Waals surface area contributed by atoms with Gasteiger partial charge in [-0.05, 0) is 66.4 Å². The molecule has 0 radical (unpaired) electrons. The van der Waals surface area contributed by atoms with Gasteiger partial charge in [-0.2, -0.15) is 0 Å².